The van der Waals surface area contributed by atoms with E-state index in [1.807, 2.05) is 36.4 Å². The smallest absolute Gasteiger partial charge is 0.335 e. The number of hydrogen-bond donors (Lipinski definition) is 0. The molecular formula is C23H21Br2NO3. The van der Waals surface area contributed by atoms with Crippen molar-refractivity contribution >= 4 is 43.7 Å². The molecule has 2 aromatic rings. The number of nitrogens with zero attached hydrogens (tertiary/aromatic N) is 1. The van der Waals surface area contributed by atoms with Crippen LogP contribution in [0.3, 0.4) is 0 Å². The van der Waals surface area contributed by atoms with Gasteiger partial charge in [-0.3, -0.25) is 4.79 Å². The molecule has 2 aromatic carbocycles. The van der Waals surface area contributed by atoms with Crippen LogP contribution in [0.5, 0.6) is 0 Å². The Hall–Kier alpha value is -1.92. The Labute approximate surface area is 187 Å². The lowest BCUT2D eigenvalue weighted by Crippen LogP contribution is -2.37. The van der Waals surface area contributed by atoms with Crippen LogP contribution >= 0.6 is 31.9 Å². The number of fused-ring (bicyclic) bond motifs is 1. The summed E-state index contributed by atoms with van der Waals surface area (Å²) in [5, 5.41) is 0. The van der Waals surface area contributed by atoms with Crippen molar-refractivity contribution < 1.29 is 14.3 Å². The van der Waals surface area contributed by atoms with Crippen LogP contribution in [0.2, 0.25) is 0 Å². The van der Waals surface area contributed by atoms with E-state index in [9.17, 15) is 9.59 Å². The van der Waals surface area contributed by atoms with Crippen molar-refractivity contribution in [3.63, 3.8) is 0 Å². The summed E-state index contributed by atoms with van der Waals surface area (Å²) < 4.78 is 4.91. The van der Waals surface area contributed by atoms with Crippen LogP contribution < -0.4 is 0 Å². The van der Waals surface area contributed by atoms with Crippen LogP contribution in [0, 0.1) is 11.8 Å². The molecule has 150 valence electrons. The Bertz CT molecular complexity index is 943. The van der Waals surface area contributed by atoms with Crippen molar-refractivity contribution in [1.82, 2.24) is 4.90 Å². The SMILES string of the molecule is CCOC(=O)C1=CN(C(=O)c2ccccc2)C2C(C1Cc1ccccc1)C2(Br)Br. The van der Waals surface area contributed by atoms with Gasteiger partial charge in [-0.1, -0.05) is 80.4 Å². The van der Waals surface area contributed by atoms with E-state index in [0.29, 0.717) is 24.2 Å². The highest BCUT2D eigenvalue weighted by Gasteiger charge is 2.70. The first-order valence-electron chi connectivity index (χ1n) is 9.63. The van der Waals surface area contributed by atoms with Gasteiger partial charge in [0.05, 0.1) is 18.2 Å². The quantitative estimate of drug-likeness (QED) is 0.416. The van der Waals surface area contributed by atoms with Gasteiger partial charge < -0.3 is 9.64 Å². The molecule has 0 saturated heterocycles. The van der Waals surface area contributed by atoms with Gasteiger partial charge in [0.25, 0.3) is 5.91 Å². The Kier molecular flexibility index (Phi) is 5.67. The van der Waals surface area contributed by atoms with E-state index < -0.39 is 3.23 Å². The number of amides is 1. The molecule has 1 heterocycles. The highest BCUT2D eigenvalue weighted by Crippen LogP contribution is 2.66. The molecule has 1 aliphatic heterocycles. The molecule has 0 N–H and O–H groups in total. The highest BCUT2D eigenvalue weighted by atomic mass is 79.9. The number of hydrogen-bond acceptors (Lipinski definition) is 3. The first kappa shape index (κ1) is 20.4. The average molecular weight is 519 g/mol. The molecule has 3 atom stereocenters. The monoisotopic (exact) mass is 517 g/mol. The van der Waals surface area contributed by atoms with E-state index in [-0.39, 0.29) is 29.8 Å². The third-order valence-corrected chi connectivity index (χ3v) is 7.54. The molecule has 0 aromatic heterocycles. The standard InChI is InChI=1S/C23H21Br2NO3/c1-2-29-22(28)18-14-26(21(27)16-11-7-4-8-12-16)20-19(23(20,24)25)17(18)13-15-9-5-3-6-10-15/h3-12,14,17,19-20H,2,13H2,1H3. The van der Waals surface area contributed by atoms with Crippen molar-refractivity contribution in [2.24, 2.45) is 11.8 Å². The van der Waals surface area contributed by atoms with Crippen molar-refractivity contribution in [2.75, 3.05) is 6.61 Å². The van der Waals surface area contributed by atoms with Crippen LogP contribution in [0.1, 0.15) is 22.8 Å². The third-order valence-electron chi connectivity index (χ3n) is 5.55. The summed E-state index contributed by atoms with van der Waals surface area (Å²) in [6, 6.07) is 19.1. The number of esters is 1. The Morgan fingerprint density at radius 2 is 1.66 bits per heavy atom. The molecule has 2 aliphatic rings. The van der Waals surface area contributed by atoms with Crippen LogP contribution in [-0.2, 0) is 16.0 Å². The van der Waals surface area contributed by atoms with Gasteiger partial charge in [0.2, 0.25) is 0 Å². The van der Waals surface area contributed by atoms with E-state index in [1.54, 1.807) is 30.2 Å². The maximum absolute atomic E-state index is 13.2. The van der Waals surface area contributed by atoms with E-state index >= 15 is 0 Å². The summed E-state index contributed by atoms with van der Waals surface area (Å²) in [5.74, 6) is -0.485. The molecule has 1 saturated carbocycles. The molecule has 1 aliphatic carbocycles. The largest absolute Gasteiger partial charge is 0.463 e. The Morgan fingerprint density at radius 3 is 2.28 bits per heavy atom. The van der Waals surface area contributed by atoms with Gasteiger partial charge in [0.15, 0.2) is 0 Å². The van der Waals surface area contributed by atoms with Crippen LogP contribution in [0.4, 0.5) is 0 Å². The first-order chi connectivity index (χ1) is 13.9. The summed E-state index contributed by atoms with van der Waals surface area (Å²) in [4.78, 5) is 27.7. The topological polar surface area (TPSA) is 46.6 Å². The second kappa shape index (κ2) is 8.07. The summed E-state index contributed by atoms with van der Waals surface area (Å²) >= 11 is 7.53. The number of carbonyl (C=O) groups is 2. The lowest BCUT2D eigenvalue weighted by atomic mass is 9.85. The van der Waals surface area contributed by atoms with Crippen molar-refractivity contribution in [3.8, 4) is 0 Å². The molecule has 1 fully saturated rings. The van der Waals surface area contributed by atoms with Gasteiger partial charge in [0.1, 0.15) is 3.23 Å². The minimum Gasteiger partial charge on any atom is -0.463 e. The molecule has 1 amide bonds. The van der Waals surface area contributed by atoms with Crippen molar-refractivity contribution in [2.45, 2.75) is 22.6 Å². The highest BCUT2D eigenvalue weighted by molar-refractivity contribution is 9.25. The molecule has 4 rings (SSSR count). The minimum atomic E-state index is -0.436. The van der Waals surface area contributed by atoms with E-state index in [1.165, 1.54) is 0 Å². The molecule has 0 radical (unpaired) electrons. The molecule has 4 nitrogen and oxygen atoms in total. The molecule has 29 heavy (non-hydrogen) atoms. The fraction of sp³-hybridized carbons (Fsp3) is 0.304. The lowest BCUT2D eigenvalue weighted by Gasteiger charge is -2.29. The summed E-state index contributed by atoms with van der Waals surface area (Å²) in [7, 11) is 0. The van der Waals surface area contributed by atoms with Gasteiger partial charge in [0, 0.05) is 23.6 Å². The molecule has 3 unspecified atom stereocenters. The second-order valence-electron chi connectivity index (χ2n) is 7.32. The van der Waals surface area contributed by atoms with E-state index in [4.69, 9.17) is 4.74 Å². The number of halogens is 2. The molecule has 0 bridgehead atoms. The van der Waals surface area contributed by atoms with E-state index in [0.717, 1.165) is 5.56 Å². The van der Waals surface area contributed by atoms with Gasteiger partial charge >= 0.3 is 5.97 Å². The zero-order chi connectivity index (χ0) is 20.6. The number of carbonyl (C=O) groups excluding carboxylic acids is 2. The van der Waals surface area contributed by atoms with Gasteiger partial charge in [-0.15, -0.1) is 0 Å². The number of benzene rings is 2. The zero-order valence-electron chi connectivity index (χ0n) is 15.9. The fourth-order valence-electron chi connectivity index (χ4n) is 4.14. The van der Waals surface area contributed by atoms with Gasteiger partial charge in [-0.2, -0.15) is 0 Å². The predicted molar refractivity (Wildman–Crippen MR) is 119 cm³/mol. The normalized spacial score (nSPS) is 24.3. The maximum atomic E-state index is 13.2. The van der Waals surface area contributed by atoms with Crippen LogP contribution in [0.25, 0.3) is 0 Å². The zero-order valence-corrected chi connectivity index (χ0v) is 19.1. The van der Waals surface area contributed by atoms with Gasteiger partial charge in [-0.25, -0.2) is 4.79 Å². The third kappa shape index (κ3) is 3.80. The first-order valence-corrected chi connectivity index (χ1v) is 11.2. The van der Waals surface area contributed by atoms with Crippen LogP contribution in [-0.4, -0.2) is 32.7 Å². The number of rotatable bonds is 5. The van der Waals surface area contributed by atoms with Crippen molar-refractivity contribution in [1.29, 1.82) is 0 Å². The van der Waals surface area contributed by atoms with Crippen molar-refractivity contribution in [3.05, 3.63) is 83.6 Å². The molecule has 0 spiro atoms. The summed E-state index contributed by atoms with van der Waals surface area (Å²) in [6.45, 7) is 2.09. The Balaban J connectivity index is 1.73. The number of ether oxygens (including phenoxy) is 1. The molecular weight excluding hydrogens is 498 g/mol. The lowest BCUT2D eigenvalue weighted by molar-refractivity contribution is -0.139. The minimum absolute atomic E-state index is 0.0553. The molecule has 6 heteroatoms. The number of alkyl halides is 2. The second-order valence-corrected chi connectivity index (χ2v) is 11.0. The maximum Gasteiger partial charge on any atom is 0.335 e. The summed E-state index contributed by atoms with van der Waals surface area (Å²) in [6.07, 6.45) is 2.41. The average Bonchev–Trinajstić information content (AvgIpc) is 3.31. The van der Waals surface area contributed by atoms with E-state index in [2.05, 4.69) is 44.0 Å². The fourth-order valence-corrected chi connectivity index (χ4v) is 6.02. The summed E-state index contributed by atoms with van der Waals surface area (Å²) in [5.41, 5.74) is 2.29. The van der Waals surface area contributed by atoms with Crippen LogP contribution in [0.15, 0.2) is 72.4 Å². The van der Waals surface area contributed by atoms with Gasteiger partial charge in [-0.05, 0) is 31.0 Å². The predicted octanol–water partition coefficient (Wildman–Crippen LogP) is 4.93. The Morgan fingerprint density at radius 1 is 1.03 bits per heavy atom.